The second-order valence-electron chi connectivity index (χ2n) is 2.95. The van der Waals surface area contributed by atoms with E-state index in [9.17, 15) is 4.79 Å². The molecule has 1 aromatic heterocycles. The molecule has 1 amide bonds. The molecule has 0 spiro atoms. The number of thiocarbonyl (C=S) groups is 1. The number of amides is 1. The Kier molecular flexibility index (Phi) is 4.16. The minimum absolute atomic E-state index is 0.0339. The van der Waals surface area contributed by atoms with Gasteiger partial charge in [-0.1, -0.05) is 12.2 Å². The average molecular weight is 288 g/mol. The van der Waals surface area contributed by atoms with E-state index in [2.05, 4.69) is 38.4 Å². The monoisotopic (exact) mass is 287 g/mol. The van der Waals surface area contributed by atoms with Gasteiger partial charge in [-0.25, -0.2) is 4.98 Å². The highest BCUT2D eigenvalue weighted by Gasteiger charge is 2.05. The van der Waals surface area contributed by atoms with Crippen molar-refractivity contribution in [2.45, 2.75) is 13.3 Å². The zero-order valence-electron chi connectivity index (χ0n) is 8.08. The van der Waals surface area contributed by atoms with E-state index in [-0.39, 0.29) is 17.3 Å². The Labute approximate surface area is 101 Å². The Bertz CT molecular complexity index is 408. The van der Waals surface area contributed by atoms with Gasteiger partial charge in [0.25, 0.3) is 0 Å². The van der Waals surface area contributed by atoms with Crippen molar-refractivity contribution in [2.75, 3.05) is 5.32 Å². The van der Waals surface area contributed by atoms with Gasteiger partial charge < -0.3 is 11.1 Å². The first kappa shape index (κ1) is 12.1. The predicted molar refractivity (Wildman–Crippen MR) is 66.7 cm³/mol. The van der Waals surface area contributed by atoms with Gasteiger partial charge in [-0.3, -0.25) is 4.79 Å². The molecular formula is C9H10BrN3OS. The molecule has 0 radical (unpaired) electrons. The number of rotatable bonds is 3. The second-order valence-corrected chi connectivity index (χ2v) is 4.33. The molecule has 0 aliphatic heterocycles. The van der Waals surface area contributed by atoms with Crippen LogP contribution in [0.4, 0.5) is 5.82 Å². The average Bonchev–Trinajstić information content (AvgIpc) is 2.10. The third-order valence-electron chi connectivity index (χ3n) is 1.62. The Balaban J connectivity index is 2.69. The van der Waals surface area contributed by atoms with E-state index in [1.807, 2.05) is 13.0 Å². The van der Waals surface area contributed by atoms with Gasteiger partial charge >= 0.3 is 0 Å². The lowest BCUT2D eigenvalue weighted by Crippen LogP contribution is -2.20. The normalized spacial score (nSPS) is 9.73. The first-order chi connectivity index (χ1) is 6.99. The molecule has 0 aliphatic carbocycles. The van der Waals surface area contributed by atoms with Gasteiger partial charge in [-0.05, 0) is 35.0 Å². The molecule has 80 valence electrons. The summed E-state index contributed by atoms with van der Waals surface area (Å²) < 4.78 is 0.898. The van der Waals surface area contributed by atoms with Crippen LogP contribution in [0, 0.1) is 6.92 Å². The summed E-state index contributed by atoms with van der Waals surface area (Å²) in [5, 5.41) is 2.60. The van der Waals surface area contributed by atoms with Gasteiger partial charge in [0, 0.05) is 4.47 Å². The van der Waals surface area contributed by atoms with Gasteiger partial charge in [0.1, 0.15) is 5.82 Å². The standard InChI is InChI=1S/C9H10BrN3OS/c1-5-6(10)2-3-8(12-5)13-9(14)4-7(11)15/h2-3H,4H2,1H3,(H2,11,15)(H,12,13,14). The van der Waals surface area contributed by atoms with Crippen LogP contribution in [-0.4, -0.2) is 15.9 Å². The van der Waals surface area contributed by atoms with Crippen LogP contribution >= 0.6 is 28.1 Å². The maximum atomic E-state index is 11.3. The Morgan fingerprint density at radius 2 is 2.33 bits per heavy atom. The largest absolute Gasteiger partial charge is 0.393 e. The van der Waals surface area contributed by atoms with Crippen molar-refractivity contribution in [3.8, 4) is 0 Å². The number of pyridine rings is 1. The van der Waals surface area contributed by atoms with Crippen molar-refractivity contribution in [1.29, 1.82) is 0 Å². The summed E-state index contributed by atoms with van der Waals surface area (Å²) in [4.78, 5) is 15.6. The van der Waals surface area contributed by atoms with Gasteiger partial charge in [0.05, 0.1) is 17.1 Å². The fraction of sp³-hybridized carbons (Fsp3) is 0.222. The van der Waals surface area contributed by atoms with Crippen LogP contribution in [0.25, 0.3) is 0 Å². The maximum Gasteiger partial charge on any atom is 0.232 e. The molecule has 3 N–H and O–H groups in total. The fourth-order valence-electron chi connectivity index (χ4n) is 0.959. The van der Waals surface area contributed by atoms with Crippen molar-refractivity contribution in [3.05, 3.63) is 22.3 Å². The Morgan fingerprint density at radius 3 is 2.87 bits per heavy atom. The minimum Gasteiger partial charge on any atom is -0.393 e. The van der Waals surface area contributed by atoms with E-state index >= 15 is 0 Å². The molecule has 15 heavy (non-hydrogen) atoms. The third kappa shape index (κ3) is 3.93. The summed E-state index contributed by atoms with van der Waals surface area (Å²) in [6, 6.07) is 3.52. The molecule has 0 bridgehead atoms. The Hall–Kier alpha value is -1.01. The number of hydrogen-bond donors (Lipinski definition) is 2. The number of carbonyl (C=O) groups is 1. The topological polar surface area (TPSA) is 68.0 Å². The number of nitrogens with zero attached hydrogens (tertiary/aromatic N) is 1. The van der Waals surface area contributed by atoms with E-state index in [1.54, 1.807) is 6.07 Å². The summed E-state index contributed by atoms with van der Waals surface area (Å²) in [5.41, 5.74) is 6.05. The van der Waals surface area contributed by atoms with Crippen LogP contribution in [0.2, 0.25) is 0 Å². The summed E-state index contributed by atoms with van der Waals surface area (Å²) in [6.45, 7) is 1.84. The fourth-order valence-corrected chi connectivity index (χ4v) is 1.31. The number of hydrogen-bond acceptors (Lipinski definition) is 3. The number of aryl methyl sites for hydroxylation is 1. The van der Waals surface area contributed by atoms with Gasteiger partial charge in [-0.15, -0.1) is 0 Å². The second kappa shape index (κ2) is 5.18. The van der Waals surface area contributed by atoms with Crippen molar-refractivity contribution in [2.24, 2.45) is 5.73 Å². The molecule has 0 saturated heterocycles. The minimum atomic E-state index is -0.253. The zero-order valence-corrected chi connectivity index (χ0v) is 10.5. The van der Waals surface area contributed by atoms with E-state index in [0.29, 0.717) is 5.82 Å². The molecule has 1 heterocycles. The smallest absolute Gasteiger partial charge is 0.232 e. The molecule has 0 aromatic carbocycles. The molecule has 0 saturated carbocycles. The molecule has 1 aromatic rings. The van der Waals surface area contributed by atoms with E-state index in [1.165, 1.54) is 0 Å². The van der Waals surface area contributed by atoms with Crippen molar-refractivity contribution < 1.29 is 4.79 Å². The highest BCUT2D eigenvalue weighted by atomic mass is 79.9. The lowest BCUT2D eigenvalue weighted by molar-refractivity contribution is -0.115. The van der Waals surface area contributed by atoms with Crippen LogP contribution in [0.15, 0.2) is 16.6 Å². The molecule has 1 rings (SSSR count). The van der Waals surface area contributed by atoms with E-state index in [4.69, 9.17) is 5.73 Å². The molecule has 0 atom stereocenters. The maximum absolute atomic E-state index is 11.3. The van der Waals surface area contributed by atoms with Gasteiger partial charge in [0.15, 0.2) is 0 Å². The highest BCUT2D eigenvalue weighted by Crippen LogP contribution is 2.16. The molecular weight excluding hydrogens is 278 g/mol. The molecule has 4 nitrogen and oxygen atoms in total. The van der Waals surface area contributed by atoms with Crippen LogP contribution < -0.4 is 11.1 Å². The molecule has 0 aliphatic rings. The number of halogens is 1. The van der Waals surface area contributed by atoms with Crippen molar-refractivity contribution in [1.82, 2.24) is 4.98 Å². The Morgan fingerprint density at radius 1 is 1.67 bits per heavy atom. The van der Waals surface area contributed by atoms with Crippen molar-refractivity contribution in [3.63, 3.8) is 0 Å². The number of nitrogens with two attached hydrogens (primary N) is 1. The van der Waals surface area contributed by atoms with Crippen LogP contribution in [0.5, 0.6) is 0 Å². The van der Waals surface area contributed by atoms with Crippen LogP contribution in [0.1, 0.15) is 12.1 Å². The number of nitrogens with one attached hydrogen (secondary N) is 1. The first-order valence-corrected chi connectivity index (χ1v) is 5.40. The molecule has 0 fully saturated rings. The number of anilines is 1. The van der Waals surface area contributed by atoms with Gasteiger partial charge in [-0.2, -0.15) is 0 Å². The number of carbonyl (C=O) groups excluding carboxylic acids is 1. The van der Waals surface area contributed by atoms with E-state index in [0.717, 1.165) is 10.2 Å². The van der Waals surface area contributed by atoms with Crippen LogP contribution in [0.3, 0.4) is 0 Å². The zero-order chi connectivity index (χ0) is 11.4. The van der Waals surface area contributed by atoms with Crippen molar-refractivity contribution >= 4 is 44.9 Å². The lowest BCUT2D eigenvalue weighted by atomic mass is 10.3. The summed E-state index contributed by atoms with van der Waals surface area (Å²) >= 11 is 7.94. The molecule has 0 unspecified atom stereocenters. The van der Waals surface area contributed by atoms with Gasteiger partial charge in [0.2, 0.25) is 5.91 Å². The number of aromatic nitrogens is 1. The summed E-state index contributed by atoms with van der Waals surface area (Å²) in [6.07, 6.45) is 0.0339. The third-order valence-corrected chi connectivity index (χ3v) is 2.61. The lowest BCUT2D eigenvalue weighted by Gasteiger charge is -2.05. The quantitative estimate of drug-likeness (QED) is 0.832. The molecule has 6 heteroatoms. The predicted octanol–water partition coefficient (Wildman–Crippen LogP) is 1.77. The SMILES string of the molecule is Cc1nc(NC(=O)CC(N)=S)ccc1Br. The summed E-state index contributed by atoms with van der Waals surface area (Å²) in [5.74, 6) is 0.244. The van der Waals surface area contributed by atoms with E-state index < -0.39 is 0 Å². The first-order valence-electron chi connectivity index (χ1n) is 4.20. The summed E-state index contributed by atoms with van der Waals surface area (Å²) in [7, 11) is 0. The highest BCUT2D eigenvalue weighted by molar-refractivity contribution is 9.10. The van der Waals surface area contributed by atoms with Crippen LogP contribution in [-0.2, 0) is 4.79 Å².